The fraction of sp³-hybridized carbons (Fsp3) is 0.562. The maximum absolute atomic E-state index is 5.14. The van der Waals surface area contributed by atoms with Gasteiger partial charge in [-0.05, 0) is 40.7 Å². The molecule has 0 saturated heterocycles. The average Bonchev–Trinajstić information content (AvgIpc) is 2.94. The second-order valence-corrected chi connectivity index (χ2v) is 6.65. The van der Waals surface area contributed by atoms with Crippen molar-refractivity contribution in [3.63, 3.8) is 0 Å². The van der Waals surface area contributed by atoms with E-state index in [1.54, 1.807) is 18.4 Å². The van der Waals surface area contributed by atoms with Crippen LogP contribution in [-0.4, -0.2) is 29.3 Å². The van der Waals surface area contributed by atoms with Gasteiger partial charge in [-0.25, -0.2) is 4.98 Å². The molecule has 4 nitrogen and oxygen atoms in total. The lowest BCUT2D eigenvalue weighted by Gasteiger charge is -2.13. The van der Waals surface area contributed by atoms with E-state index in [-0.39, 0.29) is 6.04 Å². The van der Waals surface area contributed by atoms with Gasteiger partial charge >= 0.3 is 0 Å². The number of hydrogen-bond donors (Lipinski definition) is 1. The van der Waals surface area contributed by atoms with Gasteiger partial charge in [0.15, 0.2) is 5.13 Å². The number of thiazole rings is 1. The number of ether oxygens (including phenoxy) is 1. The molecule has 0 aliphatic rings. The van der Waals surface area contributed by atoms with Gasteiger partial charge in [0.2, 0.25) is 0 Å². The monoisotopic (exact) mass is 307 g/mol. The second-order valence-electron chi connectivity index (χ2n) is 5.79. The minimum absolute atomic E-state index is 0.261. The first-order valence-corrected chi connectivity index (χ1v) is 8.21. The molecular weight excluding hydrogens is 282 g/mol. The van der Waals surface area contributed by atoms with E-state index in [1.807, 2.05) is 0 Å². The van der Waals surface area contributed by atoms with Gasteiger partial charge in [-0.15, -0.1) is 11.3 Å². The molecule has 0 saturated carbocycles. The molecule has 1 N–H and O–H groups in total. The van der Waals surface area contributed by atoms with Crippen LogP contribution in [0.25, 0.3) is 11.3 Å². The van der Waals surface area contributed by atoms with Crippen LogP contribution in [0.3, 0.4) is 0 Å². The number of aromatic nitrogens is 2. The van der Waals surface area contributed by atoms with Gasteiger partial charge in [0.25, 0.3) is 0 Å². The fourth-order valence-electron chi connectivity index (χ4n) is 2.80. The number of aryl methyl sites for hydroxylation is 1. The highest BCUT2D eigenvalue weighted by molar-refractivity contribution is 7.14. The van der Waals surface area contributed by atoms with E-state index in [4.69, 9.17) is 9.72 Å². The van der Waals surface area contributed by atoms with Crippen molar-refractivity contribution in [1.29, 1.82) is 0 Å². The summed E-state index contributed by atoms with van der Waals surface area (Å²) in [6, 6.07) is 2.96. The number of nitrogens with one attached hydrogen (secondary N) is 1. The van der Waals surface area contributed by atoms with E-state index in [9.17, 15) is 0 Å². The highest BCUT2D eigenvalue weighted by Crippen LogP contribution is 2.31. The van der Waals surface area contributed by atoms with Crippen LogP contribution in [0, 0.1) is 13.8 Å². The summed E-state index contributed by atoms with van der Waals surface area (Å²) >= 11 is 1.64. The predicted molar refractivity (Wildman–Crippen MR) is 90.4 cm³/mol. The first kappa shape index (κ1) is 16.0. The molecule has 2 heterocycles. The summed E-state index contributed by atoms with van der Waals surface area (Å²) in [5, 5.41) is 6.44. The van der Waals surface area contributed by atoms with Crippen molar-refractivity contribution in [3.8, 4) is 11.3 Å². The van der Waals surface area contributed by atoms with E-state index in [2.05, 4.69) is 55.9 Å². The van der Waals surface area contributed by atoms with Crippen LogP contribution in [-0.2, 0) is 4.74 Å². The molecule has 116 valence electrons. The summed E-state index contributed by atoms with van der Waals surface area (Å²) in [5.74, 6) is 0. The summed E-state index contributed by atoms with van der Waals surface area (Å²) in [7, 11) is 1.71. The summed E-state index contributed by atoms with van der Waals surface area (Å²) in [6.07, 6.45) is 0. The highest BCUT2D eigenvalue weighted by Gasteiger charge is 2.15. The third-order valence-electron chi connectivity index (χ3n) is 3.57. The highest BCUT2D eigenvalue weighted by atomic mass is 32.1. The summed E-state index contributed by atoms with van der Waals surface area (Å²) < 4.78 is 7.50. The second kappa shape index (κ2) is 6.62. The van der Waals surface area contributed by atoms with Gasteiger partial charge in [-0.3, -0.25) is 0 Å². The van der Waals surface area contributed by atoms with Crippen LogP contribution in [0.15, 0.2) is 11.4 Å². The number of anilines is 1. The van der Waals surface area contributed by atoms with E-state index < -0.39 is 0 Å². The van der Waals surface area contributed by atoms with Gasteiger partial charge < -0.3 is 14.6 Å². The van der Waals surface area contributed by atoms with Crippen LogP contribution in [0.2, 0.25) is 0 Å². The van der Waals surface area contributed by atoms with Gasteiger partial charge in [-0.2, -0.15) is 0 Å². The topological polar surface area (TPSA) is 39.1 Å². The Labute approximate surface area is 131 Å². The maximum atomic E-state index is 5.14. The first-order valence-electron chi connectivity index (χ1n) is 7.33. The lowest BCUT2D eigenvalue weighted by Crippen LogP contribution is -2.20. The Hall–Kier alpha value is -1.33. The Morgan fingerprint density at radius 3 is 2.62 bits per heavy atom. The number of rotatable bonds is 6. The van der Waals surface area contributed by atoms with Crippen molar-refractivity contribution in [2.45, 2.75) is 46.7 Å². The average molecular weight is 307 g/mol. The van der Waals surface area contributed by atoms with E-state index >= 15 is 0 Å². The van der Waals surface area contributed by atoms with Crippen molar-refractivity contribution >= 4 is 16.5 Å². The van der Waals surface area contributed by atoms with Crippen LogP contribution in [0.4, 0.5) is 5.13 Å². The fourth-order valence-corrected chi connectivity index (χ4v) is 3.62. The number of methoxy groups -OCH3 is 1. The standard InChI is InChI=1S/C16H25N3OS/c1-10(2)19-12(4)7-14(13(19)5)15-9-21-16(18-15)17-11(3)8-20-6/h7,9-11H,8H2,1-6H3,(H,17,18)/t11-/m1/s1. The molecule has 0 radical (unpaired) electrons. The molecule has 2 aromatic heterocycles. The molecule has 0 aliphatic heterocycles. The molecule has 0 amide bonds. The molecule has 1 atom stereocenters. The van der Waals surface area contributed by atoms with Gasteiger partial charge in [0.1, 0.15) is 0 Å². The zero-order valence-corrected chi connectivity index (χ0v) is 14.5. The summed E-state index contributed by atoms with van der Waals surface area (Å²) in [4.78, 5) is 4.72. The normalized spacial score (nSPS) is 12.9. The summed E-state index contributed by atoms with van der Waals surface area (Å²) in [5.41, 5.74) is 4.84. The Morgan fingerprint density at radius 2 is 2.05 bits per heavy atom. The molecule has 0 aromatic carbocycles. The van der Waals surface area contributed by atoms with Crippen molar-refractivity contribution in [1.82, 2.24) is 9.55 Å². The first-order chi connectivity index (χ1) is 9.93. The molecule has 0 spiro atoms. The molecule has 0 fully saturated rings. The number of hydrogen-bond acceptors (Lipinski definition) is 4. The van der Waals surface area contributed by atoms with E-state index in [0.717, 1.165) is 10.8 Å². The zero-order chi connectivity index (χ0) is 15.6. The van der Waals surface area contributed by atoms with E-state index in [1.165, 1.54) is 17.0 Å². The Kier molecular flexibility index (Phi) is 5.06. The molecule has 5 heteroatoms. The molecule has 0 aliphatic carbocycles. The number of nitrogens with zero attached hydrogens (tertiary/aromatic N) is 2. The SMILES string of the molecule is COC[C@@H](C)Nc1nc(-c2cc(C)n(C(C)C)c2C)cs1. The zero-order valence-electron chi connectivity index (χ0n) is 13.7. The van der Waals surface area contributed by atoms with Gasteiger partial charge in [0.05, 0.1) is 12.3 Å². The lowest BCUT2D eigenvalue weighted by atomic mass is 10.2. The smallest absolute Gasteiger partial charge is 0.183 e. The van der Waals surface area contributed by atoms with Crippen molar-refractivity contribution < 1.29 is 4.74 Å². The Morgan fingerprint density at radius 1 is 1.33 bits per heavy atom. The van der Waals surface area contributed by atoms with Crippen molar-refractivity contribution in [2.24, 2.45) is 0 Å². The minimum Gasteiger partial charge on any atom is -0.383 e. The van der Waals surface area contributed by atoms with Crippen LogP contribution >= 0.6 is 11.3 Å². The van der Waals surface area contributed by atoms with Crippen LogP contribution in [0.1, 0.15) is 38.2 Å². The lowest BCUT2D eigenvalue weighted by molar-refractivity contribution is 0.190. The van der Waals surface area contributed by atoms with Crippen LogP contribution in [0.5, 0.6) is 0 Å². The predicted octanol–water partition coefficient (Wildman–Crippen LogP) is 4.26. The van der Waals surface area contributed by atoms with Gasteiger partial charge in [0, 0.05) is 41.5 Å². The Bertz CT molecular complexity index is 601. The minimum atomic E-state index is 0.261. The van der Waals surface area contributed by atoms with Crippen molar-refractivity contribution in [3.05, 3.63) is 22.8 Å². The third kappa shape index (κ3) is 3.47. The summed E-state index contributed by atoms with van der Waals surface area (Å²) in [6.45, 7) is 11.5. The molecule has 21 heavy (non-hydrogen) atoms. The largest absolute Gasteiger partial charge is 0.383 e. The molecule has 0 bridgehead atoms. The van der Waals surface area contributed by atoms with Crippen molar-refractivity contribution in [2.75, 3.05) is 19.0 Å². The van der Waals surface area contributed by atoms with Crippen LogP contribution < -0.4 is 5.32 Å². The quantitative estimate of drug-likeness (QED) is 0.867. The molecular formula is C16H25N3OS. The maximum Gasteiger partial charge on any atom is 0.183 e. The van der Waals surface area contributed by atoms with Gasteiger partial charge in [-0.1, -0.05) is 0 Å². The Balaban J connectivity index is 2.24. The molecule has 2 aromatic rings. The molecule has 0 unspecified atom stereocenters. The molecule has 2 rings (SSSR count). The third-order valence-corrected chi connectivity index (χ3v) is 4.34. The van der Waals surface area contributed by atoms with E-state index in [0.29, 0.717) is 12.6 Å².